The lowest BCUT2D eigenvalue weighted by Gasteiger charge is -2.11. The number of amides is 1. The Morgan fingerprint density at radius 2 is 2.18 bits per heavy atom. The summed E-state index contributed by atoms with van der Waals surface area (Å²) in [5, 5.41) is 11.7. The second kappa shape index (κ2) is 5.85. The summed E-state index contributed by atoms with van der Waals surface area (Å²) in [4.78, 5) is 15.4. The van der Waals surface area contributed by atoms with Crippen molar-refractivity contribution < 1.29 is 4.79 Å². The number of aromatic nitrogens is 3. The Kier molecular flexibility index (Phi) is 3.90. The molecule has 0 spiro atoms. The molecule has 3 rings (SSSR count). The molecule has 1 aromatic carbocycles. The van der Waals surface area contributed by atoms with E-state index in [2.05, 4.69) is 20.5 Å². The summed E-state index contributed by atoms with van der Waals surface area (Å²) in [7, 11) is 0. The van der Waals surface area contributed by atoms with Gasteiger partial charge in [0.05, 0.1) is 5.69 Å². The highest BCUT2D eigenvalue weighted by molar-refractivity contribution is 6.31. The van der Waals surface area contributed by atoms with E-state index in [9.17, 15) is 4.79 Å². The molecule has 6 heteroatoms. The van der Waals surface area contributed by atoms with Gasteiger partial charge >= 0.3 is 0 Å². The largest absolute Gasteiger partial charge is 0.350 e. The van der Waals surface area contributed by atoms with E-state index >= 15 is 0 Å². The van der Waals surface area contributed by atoms with Gasteiger partial charge in [0.1, 0.15) is 5.69 Å². The third-order valence-electron chi connectivity index (χ3n) is 3.48. The highest BCUT2D eigenvalue weighted by atomic mass is 35.5. The van der Waals surface area contributed by atoms with E-state index in [0.29, 0.717) is 17.1 Å². The van der Waals surface area contributed by atoms with Gasteiger partial charge in [-0.3, -0.25) is 9.89 Å². The summed E-state index contributed by atoms with van der Waals surface area (Å²) < 4.78 is 0. The Hall–Kier alpha value is -2.27. The first-order chi connectivity index (χ1) is 10.5. The standard InChI is InChI=1S/C16H17ClN4O/c1-9(5-13-6-10(2)20-21-13)18-16(22)15-7-11-3-4-12(17)8-14(11)19-15/h3-4,6-9,19H,5H2,1-2H3,(H,18,22)(H,20,21)/t9-/m1/s1. The summed E-state index contributed by atoms with van der Waals surface area (Å²) in [6, 6.07) is 9.30. The van der Waals surface area contributed by atoms with Crippen LogP contribution >= 0.6 is 11.6 Å². The number of nitrogens with one attached hydrogen (secondary N) is 3. The number of benzene rings is 1. The number of H-pyrrole nitrogens is 2. The molecule has 1 amide bonds. The normalized spacial score (nSPS) is 12.5. The van der Waals surface area contributed by atoms with E-state index in [1.54, 1.807) is 0 Å². The lowest BCUT2D eigenvalue weighted by Crippen LogP contribution is -2.34. The Morgan fingerprint density at radius 1 is 1.36 bits per heavy atom. The summed E-state index contributed by atoms with van der Waals surface area (Å²) in [5.74, 6) is -0.132. The molecule has 0 saturated carbocycles. The minimum Gasteiger partial charge on any atom is -0.350 e. The molecule has 0 unspecified atom stereocenters. The lowest BCUT2D eigenvalue weighted by atomic mass is 10.1. The number of rotatable bonds is 4. The summed E-state index contributed by atoms with van der Waals surface area (Å²) in [6.45, 7) is 3.91. The predicted molar refractivity (Wildman–Crippen MR) is 87.3 cm³/mol. The SMILES string of the molecule is Cc1cc(C[C@@H](C)NC(=O)c2cc3ccc(Cl)cc3[nH]2)n[nH]1. The monoisotopic (exact) mass is 316 g/mol. The van der Waals surface area contributed by atoms with Gasteiger partial charge in [0, 0.05) is 34.1 Å². The molecule has 114 valence electrons. The maximum atomic E-state index is 12.3. The maximum Gasteiger partial charge on any atom is 0.267 e. The van der Waals surface area contributed by atoms with E-state index in [-0.39, 0.29) is 11.9 Å². The predicted octanol–water partition coefficient (Wildman–Crippen LogP) is 3.21. The van der Waals surface area contributed by atoms with Gasteiger partial charge in [0.2, 0.25) is 0 Å². The van der Waals surface area contributed by atoms with Crippen LogP contribution in [0, 0.1) is 6.92 Å². The molecule has 0 fully saturated rings. The molecular weight excluding hydrogens is 300 g/mol. The molecule has 0 aliphatic rings. The van der Waals surface area contributed by atoms with Gasteiger partial charge < -0.3 is 10.3 Å². The molecule has 22 heavy (non-hydrogen) atoms. The number of carbonyl (C=O) groups excluding carboxylic acids is 1. The van der Waals surface area contributed by atoms with Crippen LogP contribution in [0.4, 0.5) is 0 Å². The molecule has 0 saturated heterocycles. The minimum atomic E-state index is -0.132. The topological polar surface area (TPSA) is 73.6 Å². The average molecular weight is 317 g/mol. The molecule has 2 heterocycles. The fraction of sp³-hybridized carbons (Fsp3) is 0.250. The van der Waals surface area contributed by atoms with Crippen LogP contribution in [0.1, 0.15) is 28.8 Å². The molecule has 1 atom stereocenters. The molecular formula is C16H17ClN4O. The summed E-state index contributed by atoms with van der Waals surface area (Å²) >= 11 is 5.95. The smallest absolute Gasteiger partial charge is 0.267 e. The van der Waals surface area contributed by atoms with Gasteiger partial charge in [0.25, 0.3) is 5.91 Å². The van der Waals surface area contributed by atoms with Crippen LogP contribution in [0.25, 0.3) is 10.9 Å². The van der Waals surface area contributed by atoms with Crippen molar-refractivity contribution in [3.05, 3.63) is 52.4 Å². The van der Waals surface area contributed by atoms with Crippen molar-refractivity contribution in [3.63, 3.8) is 0 Å². The molecule has 0 radical (unpaired) electrons. The summed E-state index contributed by atoms with van der Waals surface area (Å²) in [5.41, 5.74) is 3.34. The van der Waals surface area contributed by atoms with E-state index < -0.39 is 0 Å². The maximum absolute atomic E-state index is 12.3. The van der Waals surface area contributed by atoms with Crippen molar-refractivity contribution in [2.45, 2.75) is 26.3 Å². The average Bonchev–Trinajstić information content (AvgIpc) is 3.04. The molecule has 2 aromatic heterocycles. The Balaban J connectivity index is 1.69. The van der Waals surface area contributed by atoms with Crippen LogP contribution in [0.3, 0.4) is 0 Å². The van der Waals surface area contributed by atoms with Crippen molar-refractivity contribution >= 4 is 28.4 Å². The van der Waals surface area contributed by atoms with Crippen LogP contribution < -0.4 is 5.32 Å². The number of aromatic amines is 2. The zero-order valence-electron chi connectivity index (χ0n) is 12.4. The van der Waals surface area contributed by atoms with Crippen molar-refractivity contribution in [2.75, 3.05) is 0 Å². The van der Waals surface area contributed by atoms with Crippen LogP contribution in [-0.2, 0) is 6.42 Å². The minimum absolute atomic E-state index is 0.00907. The van der Waals surface area contributed by atoms with Gasteiger partial charge in [-0.25, -0.2) is 0 Å². The molecule has 0 aliphatic heterocycles. The Labute approximate surface area is 133 Å². The van der Waals surface area contributed by atoms with Gasteiger partial charge in [0.15, 0.2) is 0 Å². The van der Waals surface area contributed by atoms with Crippen molar-refractivity contribution in [2.24, 2.45) is 0 Å². The van der Waals surface area contributed by atoms with Crippen molar-refractivity contribution in [3.8, 4) is 0 Å². The third kappa shape index (κ3) is 3.14. The Morgan fingerprint density at radius 3 is 2.91 bits per heavy atom. The van der Waals surface area contributed by atoms with Crippen molar-refractivity contribution in [1.29, 1.82) is 0 Å². The van der Waals surface area contributed by atoms with Crippen LogP contribution in [-0.4, -0.2) is 27.1 Å². The number of fused-ring (bicyclic) bond motifs is 1. The zero-order valence-corrected chi connectivity index (χ0v) is 13.2. The highest BCUT2D eigenvalue weighted by Crippen LogP contribution is 2.20. The van der Waals surface area contributed by atoms with Crippen LogP contribution in [0.15, 0.2) is 30.3 Å². The number of halogens is 1. The van der Waals surface area contributed by atoms with E-state index in [1.165, 1.54) is 0 Å². The summed E-state index contributed by atoms with van der Waals surface area (Å²) in [6.07, 6.45) is 0.683. The van der Waals surface area contributed by atoms with Gasteiger partial charge in [-0.05, 0) is 38.1 Å². The lowest BCUT2D eigenvalue weighted by molar-refractivity contribution is 0.0936. The second-order valence-electron chi connectivity index (χ2n) is 5.54. The number of hydrogen-bond acceptors (Lipinski definition) is 2. The van der Waals surface area contributed by atoms with Gasteiger partial charge in [-0.15, -0.1) is 0 Å². The molecule has 5 nitrogen and oxygen atoms in total. The number of hydrogen-bond donors (Lipinski definition) is 3. The van der Waals surface area contributed by atoms with E-state index in [1.807, 2.05) is 44.2 Å². The first-order valence-corrected chi connectivity index (χ1v) is 7.49. The second-order valence-corrected chi connectivity index (χ2v) is 5.97. The molecule has 3 aromatic rings. The fourth-order valence-corrected chi connectivity index (χ4v) is 2.64. The van der Waals surface area contributed by atoms with Crippen LogP contribution in [0.2, 0.25) is 5.02 Å². The number of aryl methyl sites for hydroxylation is 1. The highest BCUT2D eigenvalue weighted by Gasteiger charge is 2.14. The molecule has 0 bridgehead atoms. The number of nitrogens with zero attached hydrogens (tertiary/aromatic N) is 1. The fourth-order valence-electron chi connectivity index (χ4n) is 2.47. The molecule has 0 aliphatic carbocycles. The Bertz CT molecular complexity index is 821. The van der Waals surface area contributed by atoms with Gasteiger partial charge in [-0.1, -0.05) is 17.7 Å². The van der Waals surface area contributed by atoms with E-state index in [4.69, 9.17) is 11.6 Å². The number of carbonyl (C=O) groups is 1. The van der Waals surface area contributed by atoms with E-state index in [0.717, 1.165) is 22.3 Å². The quantitative estimate of drug-likeness (QED) is 0.691. The van der Waals surface area contributed by atoms with Gasteiger partial charge in [-0.2, -0.15) is 5.10 Å². The zero-order chi connectivity index (χ0) is 15.7. The molecule has 3 N–H and O–H groups in total. The first kappa shape index (κ1) is 14.7. The van der Waals surface area contributed by atoms with Crippen LogP contribution in [0.5, 0.6) is 0 Å². The van der Waals surface area contributed by atoms with Crippen molar-refractivity contribution in [1.82, 2.24) is 20.5 Å². The third-order valence-corrected chi connectivity index (χ3v) is 3.72. The first-order valence-electron chi connectivity index (χ1n) is 7.11.